The summed E-state index contributed by atoms with van der Waals surface area (Å²) >= 11 is 0. The highest BCUT2D eigenvalue weighted by Crippen LogP contribution is 2.68. The van der Waals surface area contributed by atoms with Crippen molar-refractivity contribution in [2.45, 2.75) is 19.6 Å². The Bertz CT molecular complexity index is 2080. The molecular weight excluding hydrogens is 549 g/mol. The summed E-state index contributed by atoms with van der Waals surface area (Å²) in [5.41, 5.74) is 0. The highest BCUT2D eigenvalue weighted by Gasteiger charge is 2.46. The minimum Gasteiger partial charge on any atom is -0.497 e. The Morgan fingerprint density at radius 1 is 0.561 bits per heavy atom. The molecule has 41 heavy (non-hydrogen) atoms. The van der Waals surface area contributed by atoms with E-state index in [2.05, 4.69) is 24.3 Å². The molecule has 0 saturated heterocycles. The molecule has 7 rings (SSSR count). The van der Waals surface area contributed by atoms with Crippen molar-refractivity contribution >= 4 is 52.7 Å². The van der Waals surface area contributed by atoms with Crippen LogP contribution in [0.1, 0.15) is 0 Å². The van der Waals surface area contributed by atoms with E-state index in [1.54, 1.807) is 13.2 Å². The summed E-state index contributed by atoms with van der Waals surface area (Å²) in [6.45, 7) is 0. The molecule has 0 aliphatic heterocycles. The van der Waals surface area contributed by atoms with Crippen LogP contribution in [0.15, 0.2) is 159 Å². The Hall–Kier alpha value is -4.36. The van der Waals surface area contributed by atoms with Gasteiger partial charge in [0.15, 0.2) is 15.2 Å². The summed E-state index contributed by atoms with van der Waals surface area (Å²) in [7, 11) is -5.10. The normalized spacial score (nSPS) is 13.8. The number of methoxy groups -OCH3 is 1. The zero-order valence-corrected chi connectivity index (χ0v) is 23.9. The third-order valence-electron chi connectivity index (χ3n) is 7.50. The summed E-state index contributed by atoms with van der Waals surface area (Å²) in [5, 5.41) is 5.96. The van der Waals surface area contributed by atoms with Crippen molar-refractivity contribution in [3.8, 4) is 5.75 Å². The molecule has 1 atom stereocenters. The van der Waals surface area contributed by atoms with E-state index in [0.717, 1.165) is 41.6 Å². The van der Waals surface area contributed by atoms with E-state index in [-0.39, 0.29) is 4.90 Å². The van der Waals surface area contributed by atoms with Crippen molar-refractivity contribution in [3.05, 3.63) is 140 Å². The zero-order chi connectivity index (χ0) is 28.0. The van der Waals surface area contributed by atoms with Crippen LogP contribution in [0.3, 0.4) is 0 Å². The first kappa shape index (κ1) is 25.6. The van der Waals surface area contributed by atoms with Crippen molar-refractivity contribution in [1.82, 2.24) is 0 Å². The standard InChI is InChI=1S/C35H26O4S2/c1-38-28-19-21-31(22-20-28)40(29-11-4-2-5-12-29,30-13-6-3-7-14-30)39-41(36,37)33-24-18-27-16-15-25-9-8-10-26-17-23-32(33)35(27)34(25)26/h2-24H,1H3/p+1. The van der Waals surface area contributed by atoms with Crippen LogP contribution in [0, 0.1) is 0 Å². The maximum absolute atomic E-state index is 14.7. The van der Waals surface area contributed by atoms with Crippen LogP contribution in [-0.2, 0) is 13.4 Å². The lowest BCUT2D eigenvalue weighted by Crippen LogP contribution is -2.11. The first-order valence-corrected chi connectivity index (χ1v) is 16.2. The van der Waals surface area contributed by atoms with Gasteiger partial charge in [-0.3, -0.25) is 0 Å². The molecule has 0 saturated carbocycles. The van der Waals surface area contributed by atoms with Gasteiger partial charge in [-0.25, -0.2) is 4.55 Å². The van der Waals surface area contributed by atoms with Crippen LogP contribution < -0.4 is 4.74 Å². The molecule has 1 unspecified atom stereocenters. The molecule has 202 valence electrons. The van der Waals surface area contributed by atoms with Crippen molar-refractivity contribution in [2.24, 2.45) is 0 Å². The minimum atomic E-state index is -4.05. The topological polar surface area (TPSA) is 57.8 Å². The Morgan fingerprint density at radius 3 is 1.66 bits per heavy atom. The van der Waals surface area contributed by atoms with Gasteiger partial charge in [0.1, 0.15) is 5.75 Å². The SMILES string of the molecule is COc1ccc(S([O+]=S(=O)(O)c2ccc3ccc4cccc5ccc2c3c45)(c2ccccc2)c2ccccc2)cc1. The summed E-state index contributed by atoms with van der Waals surface area (Å²) in [6.07, 6.45) is 0. The van der Waals surface area contributed by atoms with Gasteiger partial charge in [-0.15, -0.1) is 7.49 Å². The van der Waals surface area contributed by atoms with E-state index in [9.17, 15) is 8.76 Å². The van der Waals surface area contributed by atoms with Gasteiger partial charge in [0, 0.05) is 5.39 Å². The molecule has 0 radical (unpaired) electrons. The molecule has 0 aliphatic rings. The summed E-state index contributed by atoms with van der Waals surface area (Å²) < 4.78 is 38.9. The maximum Gasteiger partial charge on any atom is 0.455 e. The quantitative estimate of drug-likeness (QED) is 0.122. The van der Waals surface area contributed by atoms with E-state index in [4.69, 9.17) is 8.02 Å². The minimum absolute atomic E-state index is 0.264. The van der Waals surface area contributed by atoms with Gasteiger partial charge in [-0.05, 0) is 81.5 Å². The maximum atomic E-state index is 14.7. The van der Waals surface area contributed by atoms with Crippen molar-refractivity contribution < 1.29 is 16.8 Å². The summed E-state index contributed by atoms with van der Waals surface area (Å²) in [5.74, 6) is 0.694. The molecule has 0 spiro atoms. The molecule has 0 aromatic heterocycles. The van der Waals surface area contributed by atoms with Crippen molar-refractivity contribution in [1.29, 1.82) is 0 Å². The number of hydrogen-bond donors (Lipinski definition) is 1. The predicted octanol–water partition coefficient (Wildman–Crippen LogP) is 9.49. The lowest BCUT2D eigenvalue weighted by atomic mass is 9.94. The Balaban J connectivity index is 1.59. The van der Waals surface area contributed by atoms with Crippen LogP contribution in [0.25, 0.3) is 32.3 Å². The molecule has 0 aliphatic carbocycles. The second-order valence-electron chi connectivity index (χ2n) is 9.82. The van der Waals surface area contributed by atoms with Gasteiger partial charge in [-0.2, -0.15) is 0 Å². The molecule has 6 heteroatoms. The second kappa shape index (κ2) is 9.93. The first-order valence-electron chi connectivity index (χ1n) is 13.2. The fourth-order valence-electron chi connectivity index (χ4n) is 5.63. The molecule has 4 nitrogen and oxygen atoms in total. The van der Waals surface area contributed by atoms with E-state index in [0.29, 0.717) is 11.1 Å². The van der Waals surface area contributed by atoms with Gasteiger partial charge >= 0.3 is 10.1 Å². The van der Waals surface area contributed by atoms with E-state index in [1.807, 2.05) is 109 Å². The van der Waals surface area contributed by atoms with Gasteiger partial charge in [0.25, 0.3) is 0 Å². The van der Waals surface area contributed by atoms with E-state index in [1.165, 1.54) is 0 Å². The molecule has 0 amide bonds. The summed E-state index contributed by atoms with van der Waals surface area (Å²) in [4.78, 5) is 2.68. The lowest BCUT2D eigenvalue weighted by Gasteiger charge is -2.26. The molecule has 0 fully saturated rings. The fourth-order valence-corrected chi connectivity index (χ4v) is 11.1. The first-order chi connectivity index (χ1) is 20.0. The second-order valence-corrected chi connectivity index (χ2v) is 14.3. The number of hydrogen-bond acceptors (Lipinski definition) is 2. The lowest BCUT2D eigenvalue weighted by molar-refractivity contribution is 0.353. The number of rotatable bonds is 6. The van der Waals surface area contributed by atoms with Crippen LogP contribution >= 0.6 is 10.3 Å². The molecule has 0 bridgehead atoms. The Kier molecular flexibility index (Phi) is 6.20. The van der Waals surface area contributed by atoms with Gasteiger partial charge in [0.2, 0.25) is 0 Å². The largest absolute Gasteiger partial charge is 0.497 e. The monoisotopic (exact) mass is 575 g/mol. The van der Waals surface area contributed by atoms with Gasteiger partial charge in [-0.1, -0.05) is 84.9 Å². The highest BCUT2D eigenvalue weighted by molar-refractivity contribution is 8.30. The zero-order valence-electron chi connectivity index (χ0n) is 22.3. The average Bonchev–Trinajstić information content (AvgIpc) is 3.03. The molecule has 7 aromatic carbocycles. The number of ether oxygens (including phenoxy) is 1. The molecular formula is C35H27O4S2+. The molecule has 0 heterocycles. The predicted molar refractivity (Wildman–Crippen MR) is 168 cm³/mol. The van der Waals surface area contributed by atoms with Gasteiger partial charge < -0.3 is 4.74 Å². The third-order valence-corrected chi connectivity index (χ3v) is 12.8. The molecule has 1 N–H and O–H groups in total. The number of benzene rings is 7. The third kappa shape index (κ3) is 4.15. The smallest absolute Gasteiger partial charge is 0.455 e. The van der Waals surface area contributed by atoms with Crippen LogP contribution in [0.4, 0.5) is 0 Å². The highest BCUT2D eigenvalue weighted by atomic mass is 32.3. The van der Waals surface area contributed by atoms with Crippen LogP contribution in [-0.4, -0.2) is 15.9 Å². The van der Waals surface area contributed by atoms with Crippen molar-refractivity contribution in [3.63, 3.8) is 0 Å². The Labute approximate surface area is 240 Å². The van der Waals surface area contributed by atoms with Crippen LogP contribution in [0.2, 0.25) is 0 Å². The Morgan fingerprint density at radius 2 is 1.07 bits per heavy atom. The van der Waals surface area contributed by atoms with Crippen molar-refractivity contribution in [2.75, 3.05) is 7.11 Å². The van der Waals surface area contributed by atoms with Gasteiger partial charge in [0.05, 0.1) is 21.8 Å². The van der Waals surface area contributed by atoms with Crippen LogP contribution in [0.5, 0.6) is 5.75 Å². The molecule has 7 aromatic rings. The van der Waals surface area contributed by atoms with E-state index < -0.39 is 20.4 Å². The summed E-state index contributed by atoms with van der Waals surface area (Å²) in [6, 6.07) is 45.0. The fraction of sp³-hybridized carbons (Fsp3) is 0.0286. The van der Waals surface area contributed by atoms with E-state index >= 15 is 0 Å². The average molecular weight is 576 g/mol.